The number of rotatable bonds is 8. The molecule has 0 radical (unpaired) electrons. The Balaban J connectivity index is 1.44. The third kappa shape index (κ3) is 5.25. The summed E-state index contributed by atoms with van der Waals surface area (Å²) < 4.78 is 37.1. The molecule has 2 heterocycles. The minimum Gasteiger partial charge on any atom is -0.459 e. The van der Waals surface area contributed by atoms with E-state index in [4.69, 9.17) is 9.15 Å². The molecule has 0 fully saturated rings. The van der Waals surface area contributed by atoms with Crippen molar-refractivity contribution >= 4 is 27.3 Å². The Kier molecular flexibility index (Phi) is 6.04. The zero-order chi connectivity index (χ0) is 19.3. The molecule has 142 valence electrons. The van der Waals surface area contributed by atoms with E-state index in [0.717, 1.165) is 10.4 Å². The van der Waals surface area contributed by atoms with Gasteiger partial charge < -0.3 is 9.15 Å². The van der Waals surface area contributed by atoms with E-state index in [1.165, 1.54) is 29.7 Å². The summed E-state index contributed by atoms with van der Waals surface area (Å²) in [4.78, 5) is 17.1. The molecule has 0 spiro atoms. The third-order valence-electron chi connectivity index (χ3n) is 3.62. The standard InChI is InChI=1S/C18H18N2O5S2/c1-13-4-6-15(7-5-13)27(22,23)19-9-8-17(21)24-11-14-12-25-18(20-14)16-3-2-10-26-16/h2-7,10,12,19H,8-9,11H2,1H3. The number of carbonyl (C=O) groups is 1. The summed E-state index contributed by atoms with van der Waals surface area (Å²) in [6.45, 7) is 1.80. The number of hydrogen-bond donors (Lipinski definition) is 1. The van der Waals surface area contributed by atoms with Gasteiger partial charge in [-0.15, -0.1) is 11.3 Å². The minimum absolute atomic E-state index is 0.0293. The van der Waals surface area contributed by atoms with Crippen LogP contribution in [0, 0.1) is 6.92 Å². The second kappa shape index (κ2) is 8.47. The zero-order valence-corrected chi connectivity index (χ0v) is 16.2. The number of benzene rings is 1. The highest BCUT2D eigenvalue weighted by molar-refractivity contribution is 7.89. The van der Waals surface area contributed by atoms with Crippen LogP contribution in [-0.4, -0.2) is 25.9 Å². The van der Waals surface area contributed by atoms with E-state index in [9.17, 15) is 13.2 Å². The van der Waals surface area contributed by atoms with E-state index in [2.05, 4.69) is 9.71 Å². The number of esters is 1. The highest BCUT2D eigenvalue weighted by atomic mass is 32.2. The fourth-order valence-electron chi connectivity index (χ4n) is 2.20. The number of aromatic nitrogens is 1. The quantitative estimate of drug-likeness (QED) is 0.577. The summed E-state index contributed by atoms with van der Waals surface area (Å²) in [6, 6.07) is 10.2. The van der Waals surface area contributed by atoms with Crippen molar-refractivity contribution in [2.75, 3.05) is 6.54 Å². The SMILES string of the molecule is Cc1ccc(S(=O)(=O)NCCC(=O)OCc2coc(-c3cccs3)n2)cc1. The Bertz CT molecular complexity index is 993. The summed E-state index contributed by atoms with van der Waals surface area (Å²) in [6.07, 6.45) is 1.35. The number of nitrogens with one attached hydrogen (secondary N) is 1. The maximum Gasteiger partial charge on any atom is 0.307 e. The maximum atomic E-state index is 12.1. The van der Waals surface area contributed by atoms with E-state index in [0.29, 0.717) is 11.6 Å². The molecule has 0 saturated carbocycles. The van der Waals surface area contributed by atoms with Crippen molar-refractivity contribution in [3.63, 3.8) is 0 Å². The summed E-state index contributed by atoms with van der Waals surface area (Å²) in [7, 11) is -3.65. The molecule has 3 aromatic rings. The lowest BCUT2D eigenvalue weighted by Crippen LogP contribution is -2.26. The third-order valence-corrected chi connectivity index (χ3v) is 5.95. The number of sulfonamides is 1. The summed E-state index contributed by atoms with van der Waals surface area (Å²) in [5.41, 5.74) is 1.46. The summed E-state index contributed by atoms with van der Waals surface area (Å²) >= 11 is 1.50. The van der Waals surface area contributed by atoms with Gasteiger partial charge in [-0.1, -0.05) is 23.8 Å². The number of hydrogen-bond acceptors (Lipinski definition) is 7. The van der Waals surface area contributed by atoms with Crippen LogP contribution in [0.3, 0.4) is 0 Å². The van der Waals surface area contributed by atoms with Gasteiger partial charge in [0.05, 0.1) is 16.2 Å². The Morgan fingerprint density at radius 2 is 2.04 bits per heavy atom. The van der Waals surface area contributed by atoms with Gasteiger partial charge in [-0.3, -0.25) is 4.79 Å². The Labute approximate surface area is 161 Å². The molecular weight excluding hydrogens is 388 g/mol. The lowest BCUT2D eigenvalue weighted by atomic mass is 10.2. The van der Waals surface area contributed by atoms with Crippen molar-refractivity contribution in [1.29, 1.82) is 0 Å². The predicted octanol–water partition coefficient (Wildman–Crippen LogP) is 3.12. The average Bonchev–Trinajstić information content (AvgIpc) is 3.32. The second-order valence-corrected chi connectivity index (χ2v) is 8.46. The van der Waals surface area contributed by atoms with Gasteiger partial charge in [-0.05, 0) is 30.5 Å². The lowest BCUT2D eigenvalue weighted by molar-refractivity contribution is -0.144. The fourth-order valence-corrected chi connectivity index (χ4v) is 3.89. The van der Waals surface area contributed by atoms with Crippen LogP contribution in [0.25, 0.3) is 10.8 Å². The van der Waals surface area contributed by atoms with Crippen molar-refractivity contribution in [3.8, 4) is 10.8 Å². The van der Waals surface area contributed by atoms with E-state index in [1.807, 2.05) is 24.4 Å². The van der Waals surface area contributed by atoms with Gasteiger partial charge in [0, 0.05) is 6.54 Å². The van der Waals surface area contributed by atoms with E-state index in [-0.39, 0.29) is 24.5 Å². The second-order valence-electron chi connectivity index (χ2n) is 5.74. The van der Waals surface area contributed by atoms with Crippen molar-refractivity contribution in [3.05, 3.63) is 59.3 Å². The molecule has 1 N–H and O–H groups in total. The van der Waals surface area contributed by atoms with E-state index >= 15 is 0 Å². The molecule has 0 atom stereocenters. The molecule has 9 heteroatoms. The van der Waals surface area contributed by atoms with Crippen molar-refractivity contribution in [1.82, 2.24) is 9.71 Å². The predicted molar refractivity (Wildman–Crippen MR) is 101 cm³/mol. The van der Waals surface area contributed by atoms with Crippen LogP contribution in [0.15, 0.2) is 57.4 Å². The first-order chi connectivity index (χ1) is 12.9. The van der Waals surface area contributed by atoms with Gasteiger partial charge in [-0.2, -0.15) is 0 Å². The molecule has 0 aliphatic heterocycles. The van der Waals surface area contributed by atoms with Crippen molar-refractivity contribution in [2.24, 2.45) is 0 Å². The number of ether oxygens (including phenoxy) is 1. The molecule has 0 amide bonds. The molecule has 0 bridgehead atoms. The van der Waals surface area contributed by atoms with Crippen molar-refractivity contribution < 1.29 is 22.4 Å². The van der Waals surface area contributed by atoms with Crippen LogP contribution >= 0.6 is 11.3 Å². The van der Waals surface area contributed by atoms with Crippen LogP contribution < -0.4 is 4.72 Å². The molecule has 0 saturated heterocycles. The monoisotopic (exact) mass is 406 g/mol. The van der Waals surface area contributed by atoms with Crippen LogP contribution in [0.2, 0.25) is 0 Å². The Hall–Kier alpha value is -2.49. The van der Waals surface area contributed by atoms with Gasteiger partial charge >= 0.3 is 5.97 Å². The number of nitrogens with zero attached hydrogens (tertiary/aromatic N) is 1. The molecule has 3 rings (SSSR count). The van der Waals surface area contributed by atoms with E-state index < -0.39 is 16.0 Å². The first-order valence-electron chi connectivity index (χ1n) is 8.14. The largest absolute Gasteiger partial charge is 0.459 e. The average molecular weight is 406 g/mol. The summed E-state index contributed by atoms with van der Waals surface area (Å²) in [5.74, 6) is -0.0517. The Morgan fingerprint density at radius 1 is 1.26 bits per heavy atom. The molecular formula is C18H18N2O5S2. The van der Waals surface area contributed by atoms with Gasteiger partial charge in [0.25, 0.3) is 0 Å². The molecule has 27 heavy (non-hydrogen) atoms. The zero-order valence-electron chi connectivity index (χ0n) is 14.5. The molecule has 0 aliphatic carbocycles. The van der Waals surface area contributed by atoms with Crippen LogP contribution in [-0.2, 0) is 26.2 Å². The van der Waals surface area contributed by atoms with Gasteiger partial charge in [0.2, 0.25) is 15.9 Å². The number of aryl methyl sites for hydroxylation is 1. The van der Waals surface area contributed by atoms with Gasteiger partial charge in [-0.25, -0.2) is 18.1 Å². The minimum atomic E-state index is -3.65. The first-order valence-corrected chi connectivity index (χ1v) is 10.5. The highest BCUT2D eigenvalue weighted by Crippen LogP contribution is 2.23. The van der Waals surface area contributed by atoms with E-state index in [1.54, 1.807) is 12.1 Å². The van der Waals surface area contributed by atoms with Crippen LogP contribution in [0.1, 0.15) is 17.7 Å². The van der Waals surface area contributed by atoms with Crippen LogP contribution in [0.5, 0.6) is 0 Å². The highest BCUT2D eigenvalue weighted by Gasteiger charge is 2.15. The summed E-state index contributed by atoms with van der Waals surface area (Å²) in [5, 5.41) is 1.91. The number of thiophene rings is 1. The fraction of sp³-hybridized carbons (Fsp3) is 0.222. The topological polar surface area (TPSA) is 98.5 Å². The van der Waals surface area contributed by atoms with Crippen LogP contribution in [0.4, 0.5) is 0 Å². The smallest absolute Gasteiger partial charge is 0.307 e. The molecule has 2 aromatic heterocycles. The Morgan fingerprint density at radius 3 is 2.74 bits per heavy atom. The maximum absolute atomic E-state index is 12.1. The lowest BCUT2D eigenvalue weighted by Gasteiger charge is -2.07. The molecule has 0 aliphatic rings. The molecule has 1 aromatic carbocycles. The van der Waals surface area contributed by atoms with Crippen molar-refractivity contribution in [2.45, 2.75) is 24.8 Å². The number of carbonyl (C=O) groups excluding carboxylic acids is 1. The molecule has 7 nitrogen and oxygen atoms in total. The molecule has 0 unspecified atom stereocenters. The van der Waals surface area contributed by atoms with Gasteiger partial charge in [0.1, 0.15) is 18.6 Å². The number of oxazole rings is 1. The van der Waals surface area contributed by atoms with Gasteiger partial charge in [0.15, 0.2) is 0 Å². The first kappa shape index (κ1) is 19.3. The normalized spacial score (nSPS) is 11.4.